The van der Waals surface area contributed by atoms with Gasteiger partial charge < -0.3 is 4.90 Å². The fourth-order valence-corrected chi connectivity index (χ4v) is 2.48. The van der Waals surface area contributed by atoms with Crippen molar-refractivity contribution in [2.45, 2.75) is 25.7 Å². The van der Waals surface area contributed by atoms with Crippen LogP contribution in [0.1, 0.15) is 31.2 Å². The molecule has 1 saturated heterocycles. The van der Waals surface area contributed by atoms with Gasteiger partial charge in [0.2, 0.25) is 5.91 Å². The van der Waals surface area contributed by atoms with Gasteiger partial charge in [-0.25, -0.2) is 0 Å². The molecule has 1 aromatic carbocycles. The van der Waals surface area contributed by atoms with Crippen molar-refractivity contribution in [3.8, 4) is 0 Å². The Hall–Kier alpha value is -0.830. The average Bonchev–Trinajstić information content (AvgIpc) is 2.78. The van der Waals surface area contributed by atoms with E-state index in [0.29, 0.717) is 12.3 Å². The van der Waals surface area contributed by atoms with E-state index in [1.54, 1.807) is 0 Å². The van der Waals surface area contributed by atoms with E-state index in [4.69, 9.17) is 0 Å². The lowest BCUT2D eigenvalue weighted by Crippen LogP contribution is -2.27. The van der Waals surface area contributed by atoms with E-state index in [1.165, 1.54) is 5.56 Å². The van der Waals surface area contributed by atoms with Gasteiger partial charge in [-0.3, -0.25) is 4.79 Å². The lowest BCUT2D eigenvalue weighted by Gasteiger charge is -2.15. The van der Waals surface area contributed by atoms with Crippen LogP contribution >= 0.6 is 15.9 Å². The smallest absolute Gasteiger partial charge is 0.222 e. The van der Waals surface area contributed by atoms with Crippen molar-refractivity contribution >= 4 is 21.8 Å². The Morgan fingerprint density at radius 1 is 1.44 bits per heavy atom. The van der Waals surface area contributed by atoms with Gasteiger partial charge in [0.05, 0.1) is 0 Å². The molecule has 1 aliphatic heterocycles. The number of halogens is 1. The summed E-state index contributed by atoms with van der Waals surface area (Å²) in [5.74, 6) is 0.795. The van der Waals surface area contributed by atoms with Crippen LogP contribution in [0.25, 0.3) is 0 Å². The van der Waals surface area contributed by atoms with Crippen molar-refractivity contribution in [2.75, 3.05) is 13.1 Å². The summed E-state index contributed by atoms with van der Waals surface area (Å²) < 4.78 is 1.11. The molecule has 1 aromatic rings. The van der Waals surface area contributed by atoms with Crippen molar-refractivity contribution in [1.82, 2.24) is 4.90 Å². The molecule has 1 amide bonds. The average molecular weight is 282 g/mol. The van der Waals surface area contributed by atoms with Crippen LogP contribution in [-0.2, 0) is 4.79 Å². The summed E-state index contributed by atoms with van der Waals surface area (Å²) in [6, 6.07) is 8.43. The molecule has 2 nitrogen and oxygen atoms in total. The zero-order valence-corrected chi connectivity index (χ0v) is 11.0. The van der Waals surface area contributed by atoms with Gasteiger partial charge in [0.25, 0.3) is 0 Å². The van der Waals surface area contributed by atoms with Crippen LogP contribution in [0.15, 0.2) is 28.7 Å². The number of nitrogens with zero attached hydrogens (tertiary/aromatic N) is 1. The highest BCUT2D eigenvalue weighted by Crippen LogP contribution is 2.28. The minimum absolute atomic E-state index is 0.277. The van der Waals surface area contributed by atoms with Crippen LogP contribution in [0.5, 0.6) is 0 Å². The second-order valence-corrected chi connectivity index (χ2v) is 5.15. The Labute approximate surface area is 105 Å². The van der Waals surface area contributed by atoms with E-state index in [0.717, 1.165) is 24.0 Å². The molecule has 0 spiro atoms. The van der Waals surface area contributed by atoms with E-state index in [2.05, 4.69) is 40.2 Å². The first-order valence-electron chi connectivity index (χ1n) is 5.74. The van der Waals surface area contributed by atoms with Crippen LogP contribution in [0.2, 0.25) is 0 Å². The second-order valence-electron chi connectivity index (χ2n) is 4.23. The first kappa shape index (κ1) is 11.6. The zero-order chi connectivity index (χ0) is 11.5. The van der Waals surface area contributed by atoms with Crippen LogP contribution < -0.4 is 0 Å². The number of amides is 1. The number of carbonyl (C=O) groups excluding carboxylic acids is 1. The lowest BCUT2D eigenvalue weighted by atomic mass is 9.99. The van der Waals surface area contributed by atoms with Crippen LogP contribution in [-0.4, -0.2) is 23.9 Å². The first-order chi connectivity index (χ1) is 7.70. The first-order valence-corrected chi connectivity index (χ1v) is 6.53. The predicted molar refractivity (Wildman–Crippen MR) is 68.4 cm³/mol. The zero-order valence-electron chi connectivity index (χ0n) is 9.45. The predicted octanol–water partition coefficient (Wildman–Crippen LogP) is 3.18. The Balaban J connectivity index is 2.03. The van der Waals surface area contributed by atoms with E-state index in [1.807, 2.05) is 11.8 Å². The SMILES string of the molecule is CCC(=O)N1CCC(c2ccc(Br)cc2)C1. The molecule has 0 aromatic heterocycles. The van der Waals surface area contributed by atoms with Crippen molar-refractivity contribution in [3.63, 3.8) is 0 Å². The maximum absolute atomic E-state index is 11.6. The topological polar surface area (TPSA) is 20.3 Å². The quantitative estimate of drug-likeness (QED) is 0.816. The van der Waals surface area contributed by atoms with Crippen molar-refractivity contribution in [2.24, 2.45) is 0 Å². The van der Waals surface area contributed by atoms with E-state index < -0.39 is 0 Å². The summed E-state index contributed by atoms with van der Waals surface area (Å²) in [7, 11) is 0. The molecule has 0 N–H and O–H groups in total. The number of benzene rings is 1. The maximum Gasteiger partial charge on any atom is 0.222 e. The van der Waals surface area contributed by atoms with Crippen molar-refractivity contribution < 1.29 is 4.79 Å². The molecular formula is C13H16BrNO. The summed E-state index contributed by atoms with van der Waals surface area (Å²) in [6.07, 6.45) is 1.71. The number of carbonyl (C=O) groups is 1. The summed E-state index contributed by atoms with van der Waals surface area (Å²) in [5, 5.41) is 0. The van der Waals surface area contributed by atoms with E-state index in [9.17, 15) is 4.79 Å². The van der Waals surface area contributed by atoms with Crippen LogP contribution in [0, 0.1) is 0 Å². The third-order valence-electron chi connectivity index (χ3n) is 3.18. The molecule has 1 heterocycles. The van der Waals surface area contributed by atoms with E-state index >= 15 is 0 Å². The van der Waals surface area contributed by atoms with Gasteiger partial charge in [-0.2, -0.15) is 0 Å². The number of hydrogen-bond acceptors (Lipinski definition) is 1. The summed E-state index contributed by atoms with van der Waals surface area (Å²) in [5.41, 5.74) is 1.34. The Bertz CT molecular complexity index is 374. The van der Waals surface area contributed by atoms with Crippen molar-refractivity contribution in [3.05, 3.63) is 34.3 Å². The highest BCUT2D eigenvalue weighted by molar-refractivity contribution is 9.10. The molecule has 3 heteroatoms. The van der Waals surface area contributed by atoms with Crippen LogP contribution in [0.3, 0.4) is 0 Å². The second kappa shape index (κ2) is 5.00. The minimum atomic E-state index is 0.277. The standard InChI is InChI=1S/C13H16BrNO/c1-2-13(16)15-8-7-11(9-15)10-3-5-12(14)6-4-10/h3-6,11H,2,7-9H2,1H3. The molecule has 86 valence electrons. The minimum Gasteiger partial charge on any atom is -0.342 e. The van der Waals surface area contributed by atoms with Gasteiger partial charge >= 0.3 is 0 Å². The third kappa shape index (κ3) is 2.46. The van der Waals surface area contributed by atoms with Gasteiger partial charge in [-0.1, -0.05) is 35.0 Å². The molecule has 1 unspecified atom stereocenters. The monoisotopic (exact) mass is 281 g/mol. The molecule has 0 aliphatic carbocycles. The fourth-order valence-electron chi connectivity index (χ4n) is 2.22. The molecule has 0 radical (unpaired) electrons. The summed E-state index contributed by atoms with van der Waals surface area (Å²) in [6.45, 7) is 3.72. The highest BCUT2D eigenvalue weighted by Gasteiger charge is 2.26. The highest BCUT2D eigenvalue weighted by atomic mass is 79.9. The number of hydrogen-bond donors (Lipinski definition) is 0. The molecule has 0 bridgehead atoms. The maximum atomic E-state index is 11.6. The Morgan fingerprint density at radius 2 is 2.12 bits per heavy atom. The summed E-state index contributed by atoms with van der Waals surface area (Å²) >= 11 is 3.44. The molecule has 0 saturated carbocycles. The Kier molecular flexibility index (Phi) is 3.64. The molecule has 1 aliphatic rings. The number of likely N-dealkylation sites (tertiary alicyclic amines) is 1. The molecular weight excluding hydrogens is 266 g/mol. The van der Waals surface area contributed by atoms with Gasteiger partial charge in [-0.05, 0) is 24.1 Å². The van der Waals surface area contributed by atoms with Crippen LogP contribution in [0.4, 0.5) is 0 Å². The fraction of sp³-hybridized carbons (Fsp3) is 0.462. The summed E-state index contributed by atoms with van der Waals surface area (Å²) in [4.78, 5) is 13.5. The van der Waals surface area contributed by atoms with Crippen molar-refractivity contribution in [1.29, 1.82) is 0 Å². The largest absolute Gasteiger partial charge is 0.342 e. The third-order valence-corrected chi connectivity index (χ3v) is 3.71. The van der Waals surface area contributed by atoms with E-state index in [-0.39, 0.29) is 5.91 Å². The lowest BCUT2D eigenvalue weighted by molar-refractivity contribution is -0.129. The normalized spacial score (nSPS) is 20.1. The molecule has 1 atom stereocenters. The van der Waals surface area contributed by atoms with Gasteiger partial charge in [0.1, 0.15) is 0 Å². The molecule has 16 heavy (non-hydrogen) atoms. The van der Waals surface area contributed by atoms with Gasteiger partial charge in [0.15, 0.2) is 0 Å². The molecule has 2 rings (SSSR count). The van der Waals surface area contributed by atoms with Gasteiger partial charge in [0, 0.05) is 29.9 Å². The van der Waals surface area contributed by atoms with Gasteiger partial charge in [-0.15, -0.1) is 0 Å². The Morgan fingerprint density at radius 3 is 2.75 bits per heavy atom. The molecule has 1 fully saturated rings. The number of rotatable bonds is 2.